The van der Waals surface area contributed by atoms with Gasteiger partial charge in [0.15, 0.2) is 0 Å². The van der Waals surface area contributed by atoms with Gasteiger partial charge in [-0.3, -0.25) is 4.90 Å². The maximum atomic E-state index is 9.88. The number of hydrogen-bond acceptors (Lipinski definition) is 3. The Hall–Kier alpha value is -2.66. The molecule has 1 atom stereocenters. The average molecular weight is 418 g/mol. The predicted octanol–water partition coefficient (Wildman–Crippen LogP) is 5.51. The SMILES string of the molecule is OC1CCCN(Cc2ccc(-c3cnc4[nH]cc(-c5ccc(Cl)cc5)c4c3)cc2)C1. The lowest BCUT2D eigenvalue weighted by Crippen LogP contribution is -2.37. The molecule has 5 heteroatoms. The Morgan fingerprint density at radius 2 is 1.80 bits per heavy atom. The number of rotatable bonds is 4. The topological polar surface area (TPSA) is 52.1 Å². The van der Waals surface area contributed by atoms with Crippen LogP contribution in [0.3, 0.4) is 0 Å². The van der Waals surface area contributed by atoms with Crippen LogP contribution < -0.4 is 0 Å². The summed E-state index contributed by atoms with van der Waals surface area (Å²) in [5, 5.41) is 11.7. The fourth-order valence-corrected chi connectivity index (χ4v) is 4.39. The molecule has 2 aromatic carbocycles. The van der Waals surface area contributed by atoms with E-state index in [1.165, 1.54) is 5.56 Å². The van der Waals surface area contributed by atoms with Gasteiger partial charge in [-0.2, -0.15) is 0 Å². The lowest BCUT2D eigenvalue weighted by molar-refractivity contribution is 0.0668. The summed E-state index contributed by atoms with van der Waals surface area (Å²) in [5.74, 6) is 0. The summed E-state index contributed by atoms with van der Waals surface area (Å²) >= 11 is 6.04. The van der Waals surface area contributed by atoms with Crippen molar-refractivity contribution in [3.05, 3.63) is 77.6 Å². The van der Waals surface area contributed by atoms with E-state index in [-0.39, 0.29) is 6.10 Å². The van der Waals surface area contributed by atoms with Gasteiger partial charge in [0, 0.05) is 47.0 Å². The minimum atomic E-state index is -0.188. The molecule has 1 unspecified atom stereocenters. The fraction of sp³-hybridized carbons (Fsp3) is 0.240. The van der Waals surface area contributed by atoms with Crippen LogP contribution in [0.25, 0.3) is 33.3 Å². The Kier molecular flexibility index (Phi) is 5.30. The number of hydrogen-bond donors (Lipinski definition) is 2. The zero-order chi connectivity index (χ0) is 20.5. The highest BCUT2D eigenvalue weighted by Crippen LogP contribution is 2.31. The second kappa shape index (κ2) is 8.23. The Labute approximate surface area is 181 Å². The summed E-state index contributed by atoms with van der Waals surface area (Å²) < 4.78 is 0. The molecule has 0 saturated carbocycles. The van der Waals surface area contributed by atoms with Gasteiger partial charge in [0.25, 0.3) is 0 Å². The number of nitrogens with zero attached hydrogens (tertiary/aromatic N) is 2. The molecule has 5 rings (SSSR count). The van der Waals surface area contributed by atoms with Crippen LogP contribution in [0.5, 0.6) is 0 Å². The molecule has 30 heavy (non-hydrogen) atoms. The van der Waals surface area contributed by atoms with Crippen LogP contribution in [0, 0.1) is 0 Å². The number of β-amino-alcohol motifs (C(OH)–C–C–N with tert-alkyl or cyclic N) is 1. The predicted molar refractivity (Wildman–Crippen MR) is 122 cm³/mol. The monoisotopic (exact) mass is 417 g/mol. The summed E-state index contributed by atoms with van der Waals surface area (Å²) in [6, 6.07) is 18.8. The molecule has 2 aromatic heterocycles. The maximum absolute atomic E-state index is 9.88. The average Bonchev–Trinajstić information content (AvgIpc) is 3.18. The van der Waals surface area contributed by atoms with Crippen LogP contribution in [-0.2, 0) is 6.54 Å². The standard InChI is InChI=1S/C25H24ClN3O/c26-21-9-7-19(8-10-21)24-14-28-25-23(24)12-20(13-27-25)18-5-3-17(4-6-18)15-29-11-1-2-22(30)16-29/h3-10,12-14,22,30H,1-2,11,15-16H2,(H,27,28). The van der Waals surface area contributed by atoms with Gasteiger partial charge < -0.3 is 10.1 Å². The zero-order valence-electron chi connectivity index (χ0n) is 16.7. The van der Waals surface area contributed by atoms with Crippen LogP contribution in [0.4, 0.5) is 0 Å². The molecule has 1 fully saturated rings. The number of aromatic amines is 1. The van der Waals surface area contributed by atoms with Crippen molar-refractivity contribution in [3.8, 4) is 22.3 Å². The first kappa shape index (κ1) is 19.3. The minimum Gasteiger partial charge on any atom is -0.392 e. The number of aliphatic hydroxyl groups excluding tert-OH is 1. The number of aliphatic hydroxyl groups is 1. The van der Waals surface area contributed by atoms with Gasteiger partial charge in [-0.25, -0.2) is 4.98 Å². The van der Waals surface area contributed by atoms with E-state index in [2.05, 4.69) is 45.2 Å². The van der Waals surface area contributed by atoms with E-state index in [0.717, 1.165) is 70.8 Å². The summed E-state index contributed by atoms with van der Waals surface area (Å²) in [4.78, 5) is 10.2. The fourth-order valence-electron chi connectivity index (χ4n) is 4.27. The van der Waals surface area contributed by atoms with Crippen molar-refractivity contribution in [2.24, 2.45) is 0 Å². The number of likely N-dealkylation sites (tertiary alicyclic amines) is 1. The molecule has 4 nitrogen and oxygen atoms in total. The van der Waals surface area contributed by atoms with Crippen LogP contribution >= 0.6 is 11.6 Å². The molecule has 3 heterocycles. The number of halogens is 1. The molecule has 1 aliphatic rings. The first-order valence-corrected chi connectivity index (χ1v) is 10.8. The number of pyridine rings is 1. The molecule has 1 aliphatic heterocycles. The Morgan fingerprint density at radius 3 is 2.57 bits per heavy atom. The number of aromatic nitrogens is 2. The number of piperidine rings is 1. The lowest BCUT2D eigenvalue weighted by Gasteiger charge is -2.29. The molecule has 1 saturated heterocycles. The van der Waals surface area contributed by atoms with Gasteiger partial charge in [0.2, 0.25) is 0 Å². The number of nitrogens with one attached hydrogen (secondary N) is 1. The van der Waals surface area contributed by atoms with Gasteiger partial charge in [-0.15, -0.1) is 0 Å². The molecule has 4 aromatic rings. The maximum Gasteiger partial charge on any atom is 0.137 e. The van der Waals surface area contributed by atoms with Gasteiger partial charge in [0.05, 0.1) is 6.10 Å². The van der Waals surface area contributed by atoms with Crippen molar-refractivity contribution >= 4 is 22.6 Å². The van der Waals surface area contributed by atoms with Gasteiger partial charge in [-0.05, 0) is 54.3 Å². The molecule has 0 amide bonds. The summed E-state index contributed by atoms with van der Waals surface area (Å²) in [6.45, 7) is 2.71. The summed E-state index contributed by atoms with van der Waals surface area (Å²) in [7, 11) is 0. The molecular weight excluding hydrogens is 394 g/mol. The largest absolute Gasteiger partial charge is 0.392 e. The van der Waals surface area contributed by atoms with Crippen molar-refractivity contribution in [1.82, 2.24) is 14.9 Å². The minimum absolute atomic E-state index is 0.188. The van der Waals surface area contributed by atoms with Crippen LogP contribution in [-0.4, -0.2) is 39.2 Å². The number of benzene rings is 2. The van der Waals surface area contributed by atoms with Crippen LogP contribution in [0.1, 0.15) is 18.4 Å². The van der Waals surface area contributed by atoms with E-state index in [1.807, 2.05) is 36.7 Å². The smallest absolute Gasteiger partial charge is 0.137 e. The van der Waals surface area contributed by atoms with E-state index < -0.39 is 0 Å². The van der Waals surface area contributed by atoms with Gasteiger partial charge in [-0.1, -0.05) is 48.0 Å². The quantitative estimate of drug-likeness (QED) is 0.460. The first-order chi connectivity index (χ1) is 14.7. The number of H-pyrrole nitrogens is 1. The molecule has 0 radical (unpaired) electrons. The molecule has 0 bridgehead atoms. The van der Waals surface area contributed by atoms with Gasteiger partial charge >= 0.3 is 0 Å². The van der Waals surface area contributed by atoms with E-state index in [0.29, 0.717) is 0 Å². The summed E-state index contributed by atoms with van der Waals surface area (Å²) in [5.41, 5.74) is 6.63. The normalized spacial score (nSPS) is 17.5. The third-order valence-corrected chi connectivity index (χ3v) is 6.11. The Balaban J connectivity index is 1.40. The van der Waals surface area contributed by atoms with E-state index in [4.69, 9.17) is 11.6 Å². The Bertz CT molecular complexity index is 1150. The van der Waals surface area contributed by atoms with Crippen molar-refractivity contribution in [1.29, 1.82) is 0 Å². The summed E-state index contributed by atoms with van der Waals surface area (Å²) in [6.07, 6.45) is 5.72. The second-order valence-corrected chi connectivity index (χ2v) is 8.49. The van der Waals surface area contributed by atoms with Crippen LogP contribution in [0.15, 0.2) is 67.0 Å². The molecular formula is C25H24ClN3O. The lowest BCUT2D eigenvalue weighted by atomic mass is 10.0. The van der Waals surface area contributed by atoms with Crippen molar-refractivity contribution in [3.63, 3.8) is 0 Å². The number of fused-ring (bicyclic) bond motifs is 1. The third kappa shape index (κ3) is 3.99. The highest BCUT2D eigenvalue weighted by atomic mass is 35.5. The van der Waals surface area contributed by atoms with Crippen LogP contribution in [0.2, 0.25) is 5.02 Å². The molecule has 152 valence electrons. The van der Waals surface area contributed by atoms with Crippen molar-refractivity contribution < 1.29 is 5.11 Å². The van der Waals surface area contributed by atoms with Gasteiger partial charge in [0.1, 0.15) is 5.65 Å². The van der Waals surface area contributed by atoms with Crippen molar-refractivity contribution in [2.75, 3.05) is 13.1 Å². The highest BCUT2D eigenvalue weighted by Gasteiger charge is 2.17. The van der Waals surface area contributed by atoms with Crippen molar-refractivity contribution in [2.45, 2.75) is 25.5 Å². The zero-order valence-corrected chi connectivity index (χ0v) is 17.4. The third-order valence-electron chi connectivity index (χ3n) is 5.86. The van der Waals surface area contributed by atoms with E-state index in [9.17, 15) is 5.11 Å². The van der Waals surface area contributed by atoms with E-state index in [1.54, 1.807) is 0 Å². The van der Waals surface area contributed by atoms with E-state index >= 15 is 0 Å². The molecule has 2 N–H and O–H groups in total. The Morgan fingerprint density at radius 1 is 1.03 bits per heavy atom. The molecule has 0 aliphatic carbocycles. The highest BCUT2D eigenvalue weighted by molar-refractivity contribution is 6.30. The first-order valence-electron chi connectivity index (χ1n) is 10.4. The molecule has 0 spiro atoms. The second-order valence-electron chi connectivity index (χ2n) is 8.06.